The van der Waals surface area contributed by atoms with Crippen LogP contribution < -0.4 is 5.32 Å². The minimum Gasteiger partial charge on any atom is -0.314 e. The van der Waals surface area contributed by atoms with Crippen LogP contribution in [0.3, 0.4) is 0 Å². The summed E-state index contributed by atoms with van der Waals surface area (Å²) >= 11 is 2.07. The predicted octanol–water partition coefficient (Wildman–Crippen LogP) is 3.05. The van der Waals surface area contributed by atoms with Crippen LogP contribution in [0.4, 0.5) is 0 Å². The average molecular weight is 201 g/mol. The van der Waals surface area contributed by atoms with Gasteiger partial charge >= 0.3 is 0 Å². The van der Waals surface area contributed by atoms with Crippen molar-refractivity contribution in [3.8, 4) is 0 Å². The van der Waals surface area contributed by atoms with Crippen molar-refractivity contribution in [1.82, 2.24) is 5.32 Å². The van der Waals surface area contributed by atoms with Crippen molar-refractivity contribution in [3.05, 3.63) is 0 Å². The number of hydrogen-bond donors (Lipinski definition) is 1. The van der Waals surface area contributed by atoms with E-state index in [-0.39, 0.29) is 0 Å². The maximum absolute atomic E-state index is 3.55. The molecule has 0 unspecified atom stereocenters. The van der Waals surface area contributed by atoms with Crippen LogP contribution in [-0.4, -0.2) is 24.1 Å². The molecule has 0 atom stereocenters. The van der Waals surface area contributed by atoms with E-state index >= 15 is 0 Å². The van der Waals surface area contributed by atoms with Crippen molar-refractivity contribution in [2.24, 2.45) is 0 Å². The highest BCUT2D eigenvalue weighted by atomic mass is 32.2. The smallest absolute Gasteiger partial charge is 0.00682 e. The van der Waals surface area contributed by atoms with Gasteiger partial charge in [-0.1, -0.05) is 19.8 Å². The molecule has 0 amide bonds. The molecule has 1 rings (SSSR count). The first-order valence-electron chi connectivity index (χ1n) is 5.74. The Bertz CT molecular complexity index is 113. The number of nitrogens with one attached hydrogen (secondary N) is 1. The van der Waals surface area contributed by atoms with Gasteiger partial charge in [-0.3, -0.25) is 0 Å². The molecule has 0 spiro atoms. The van der Waals surface area contributed by atoms with E-state index in [9.17, 15) is 0 Å². The molecule has 1 nitrogen and oxygen atoms in total. The van der Waals surface area contributed by atoms with Gasteiger partial charge in [0.2, 0.25) is 0 Å². The molecule has 1 saturated carbocycles. The van der Waals surface area contributed by atoms with E-state index < -0.39 is 0 Å². The molecule has 0 aromatic rings. The van der Waals surface area contributed by atoms with Crippen molar-refractivity contribution in [2.45, 2.75) is 51.5 Å². The van der Waals surface area contributed by atoms with Crippen molar-refractivity contribution < 1.29 is 0 Å². The highest BCUT2D eigenvalue weighted by Crippen LogP contribution is 2.18. The highest BCUT2D eigenvalue weighted by molar-refractivity contribution is 7.99. The van der Waals surface area contributed by atoms with Crippen LogP contribution in [0.15, 0.2) is 0 Å². The number of unbranched alkanes of at least 4 members (excludes halogenated alkanes) is 3. The lowest BCUT2D eigenvalue weighted by atomic mass is 10.2. The Morgan fingerprint density at radius 2 is 1.92 bits per heavy atom. The van der Waals surface area contributed by atoms with Crippen LogP contribution in [0.1, 0.15) is 45.4 Å². The van der Waals surface area contributed by atoms with Gasteiger partial charge in [0.25, 0.3) is 0 Å². The van der Waals surface area contributed by atoms with Gasteiger partial charge in [0, 0.05) is 6.04 Å². The van der Waals surface area contributed by atoms with E-state index in [0.29, 0.717) is 0 Å². The van der Waals surface area contributed by atoms with Gasteiger partial charge in [0.1, 0.15) is 0 Å². The molecule has 1 aliphatic rings. The fourth-order valence-electron chi connectivity index (χ4n) is 1.42. The molecule has 0 radical (unpaired) electrons. The van der Waals surface area contributed by atoms with Crippen molar-refractivity contribution in [2.75, 3.05) is 18.1 Å². The van der Waals surface area contributed by atoms with Crippen LogP contribution in [0.2, 0.25) is 0 Å². The van der Waals surface area contributed by atoms with Gasteiger partial charge in [-0.15, -0.1) is 0 Å². The SMILES string of the molecule is CCSCCCCCCNC1CC1. The first-order valence-corrected chi connectivity index (χ1v) is 6.90. The Balaban J connectivity index is 1.63. The minimum atomic E-state index is 0.899. The fourth-order valence-corrected chi connectivity index (χ4v) is 2.12. The molecular formula is C11H23NS. The lowest BCUT2D eigenvalue weighted by molar-refractivity contribution is 0.597. The summed E-state index contributed by atoms with van der Waals surface area (Å²) < 4.78 is 0. The second kappa shape index (κ2) is 7.69. The van der Waals surface area contributed by atoms with Gasteiger partial charge in [-0.2, -0.15) is 11.8 Å². The van der Waals surface area contributed by atoms with Gasteiger partial charge in [-0.25, -0.2) is 0 Å². The summed E-state index contributed by atoms with van der Waals surface area (Å²) in [4.78, 5) is 0. The van der Waals surface area contributed by atoms with Gasteiger partial charge in [-0.05, 0) is 43.7 Å². The van der Waals surface area contributed by atoms with Crippen LogP contribution in [0.25, 0.3) is 0 Å². The highest BCUT2D eigenvalue weighted by Gasteiger charge is 2.19. The molecule has 1 N–H and O–H groups in total. The number of hydrogen-bond acceptors (Lipinski definition) is 2. The molecular weight excluding hydrogens is 178 g/mol. The molecule has 0 heterocycles. The van der Waals surface area contributed by atoms with Crippen molar-refractivity contribution in [1.29, 1.82) is 0 Å². The quantitative estimate of drug-likeness (QED) is 0.575. The zero-order valence-corrected chi connectivity index (χ0v) is 9.67. The topological polar surface area (TPSA) is 12.0 Å². The van der Waals surface area contributed by atoms with Crippen molar-refractivity contribution in [3.63, 3.8) is 0 Å². The molecule has 13 heavy (non-hydrogen) atoms. The summed E-state index contributed by atoms with van der Waals surface area (Å²) in [7, 11) is 0. The average Bonchev–Trinajstić information content (AvgIpc) is 2.93. The van der Waals surface area contributed by atoms with E-state index in [1.165, 1.54) is 56.6 Å². The Morgan fingerprint density at radius 1 is 1.15 bits per heavy atom. The van der Waals surface area contributed by atoms with Crippen LogP contribution >= 0.6 is 11.8 Å². The van der Waals surface area contributed by atoms with E-state index in [1.54, 1.807) is 0 Å². The summed E-state index contributed by atoms with van der Waals surface area (Å²) in [6, 6.07) is 0.899. The first-order chi connectivity index (χ1) is 6.43. The van der Waals surface area contributed by atoms with Crippen molar-refractivity contribution >= 4 is 11.8 Å². The maximum Gasteiger partial charge on any atom is 0.00682 e. The molecule has 0 aromatic heterocycles. The predicted molar refractivity (Wildman–Crippen MR) is 62.5 cm³/mol. The van der Waals surface area contributed by atoms with Crippen LogP contribution in [0.5, 0.6) is 0 Å². The third-order valence-corrected chi connectivity index (χ3v) is 3.42. The van der Waals surface area contributed by atoms with Crippen LogP contribution in [0, 0.1) is 0 Å². The Labute approximate surface area is 87.1 Å². The molecule has 0 aromatic carbocycles. The molecule has 78 valence electrons. The second-order valence-corrected chi connectivity index (χ2v) is 5.23. The molecule has 1 fully saturated rings. The zero-order valence-electron chi connectivity index (χ0n) is 8.85. The molecule has 2 heteroatoms. The largest absolute Gasteiger partial charge is 0.314 e. The molecule has 0 aliphatic heterocycles. The number of thioether (sulfide) groups is 1. The van der Waals surface area contributed by atoms with Gasteiger partial charge < -0.3 is 5.32 Å². The normalized spacial score (nSPS) is 16.4. The Kier molecular flexibility index (Phi) is 6.73. The first kappa shape index (κ1) is 11.4. The van der Waals surface area contributed by atoms with E-state index in [2.05, 4.69) is 24.0 Å². The monoisotopic (exact) mass is 201 g/mol. The van der Waals surface area contributed by atoms with Gasteiger partial charge in [0.15, 0.2) is 0 Å². The summed E-state index contributed by atoms with van der Waals surface area (Å²) in [6.45, 7) is 3.50. The fraction of sp³-hybridized carbons (Fsp3) is 1.00. The maximum atomic E-state index is 3.55. The Morgan fingerprint density at radius 3 is 2.62 bits per heavy atom. The number of rotatable bonds is 9. The molecule has 0 bridgehead atoms. The summed E-state index contributed by atoms with van der Waals surface area (Å²) in [5.74, 6) is 2.65. The summed E-state index contributed by atoms with van der Waals surface area (Å²) in [6.07, 6.45) is 8.50. The van der Waals surface area contributed by atoms with Gasteiger partial charge in [0.05, 0.1) is 0 Å². The van der Waals surface area contributed by atoms with E-state index in [1.807, 2.05) is 0 Å². The molecule has 1 aliphatic carbocycles. The van der Waals surface area contributed by atoms with E-state index in [4.69, 9.17) is 0 Å². The van der Waals surface area contributed by atoms with E-state index in [0.717, 1.165) is 6.04 Å². The second-order valence-electron chi connectivity index (χ2n) is 3.84. The zero-order chi connectivity index (χ0) is 9.36. The lowest BCUT2D eigenvalue weighted by Gasteiger charge is -2.02. The lowest BCUT2D eigenvalue weighted by Crippen LogP contribution is -2.17. The molecule has 0 saturated heterocycles. The third-order valence-electron chi connectivity index (χ3n) is 2.43. The third kappa shape index (κ3) is 7.39. The standard InChI is InChI=1S/C11H23NS/c1-2-13-10-6-4-3-5-9-12-11-7-8-11/h11-12H,2-10H2,1H3. The summed E-state index contributed by atoms with van der Waals surface area (Å²) in [5, 5.41) is 3.55. The summed E-state index contributed by atoms with van der Waals surface area (Å²) in [5.41, 5.74) is 0. The van der Waals surface area contributed by atoms with Crippen LogP contribution in [-0.2, 0) is 0 Å². The minimum absolute atomic E-state index is 0.899. The Hall–Kier alpha value is 0.310.